The molecular weight excluding hydrogens is 298 g/mol. The lowest BCUT2D eigenvalue weighted by atomic mass is 9.79. The molecule has 1 aliphatic heterocycles. The molecule has 1 aliphatic carbocycles. The van der Waals surface area contributed by atoms with Crippen LogP contribution in [0.2, 0.25) is 0 Å². The molecule has 0 aromatic carbocycles. The Morgan fingerprint density at radius 3 is 2.45 bits per heavy atom. The number of amides is 2. The van der Waals surface area contributed by atoms with E-state index in [1.54, 1.807) is 11.8 Å². The first-order chi connectivity index (χ1) is 10.6. The summed E-state index contributed by atoms with van der Waals surface area (Å²) in [7, 11) is 0. The van der Waals surface area contributed by atoms with Crippen LogP contribution in [0, 0.1) is 11.8 Å². The number of nitrogens with zero attached hydrogens (tertiary/aromatic N) is 1. The van der Waals surface area contributed by atoms with Gasteiger partial charge in [0, 0.05) is 25.3 Å². The molecule has 2 amide bonds. The number of rotatable bonds is 7. The van der Waals surface area contributed by atoms with E-state index in [1.807, 2.05) is 13.8 Å². The maximum atomic E-state index is 12.3. The van der Waals surface area contributed by atoms with Crippen LogP contribution < -0.4 is 0 Å². The van der Waals surface area contributed by atoms with Crippen molar-refractivity contribution in [2.24, 2.45) is 11.8 Å². The molecule has 0 spiro atoms. The second-order valence-electron chi connectivity index (χ2n) is 6.42. The molecule has 2 fully saturated rings. The first-order valence-electron chi connectivity index (χ1n) is 8.55. The molecule has 1 saturated carbocycles. The molecule has 22 heavy (non-hydrogen) atoms. The van der Waals surface area contributed by atoms with E-state index in [1.165, 1.54) is 4.90 Å². The number of hydrogen-bond acceptors (Lipinski definition) is 4. The van der Waals surface area contributed by atoms with Gasteiger partial charge < -0.3 is 0 Å². The van der Waals surface area contributed by atoms with Gasteiger partial charge in [0.25, 0.3) is 0 Å². The number of carbonyl (C=O) groups is 3. The van der Waals surface area contributed by atoms with Crippen molar-refractivity contribution in [3.05, 3.63) is 0 Å². The molecule has 124 valence electrons. The Kier molecular flexibility index (Phi) is 6.48. The fraction of sp³-hybridized carbons (Fsp3) is 0.824. The number of hydrogen-bond donors (Lipinski definition) is 0. The van der Waals surface area contributed by atoms with Gasteiger partial charge in [0.1, 0.15) is 5.78 Å². The van der Waals surface area contributed by atoms with Gasteiger partial charge in [0.05, 0.1) is 5.25 Å². The van der Waals surface area contributed by atoms with Crippen molar-refractivity contribution in [1.82, 2.24) is 4.90 Å². The zero-order valence-corrected chi connectivity index (χ0v) is 14.5. The first-order valence-corrected chi connectivity index (χ1v) is 9.60. The molecule has 0 radical (unpaired) electrons. The SMILES string of the molecule is CCCC(=O)C1CCC(CN2C(=O)CC(SCC)C2=O)CC1. The molecule has 0 aromatic heterocycles. The molecular formula is C17H27NO3S. The van der Waals surface area contributed by atoms with Crippen LogP contribution in [0.1, 0.15) is 58.8 Å². The van der Waals surface area contributed by atoms with E-state index in [2.05, 4.69) is 0 Å². The lowest BCUT2D eigenvalue weighted by molar-refractivity contribution is -0.139. The Morgan fingerprint density at radius 2 is 1.86 bits per heavy atom. The van der Waals surface area contributed by atoms with E-state index >= 15 is 0 Å². The molecule has 0 N–H and O–H groups in total. The summed E-state index contributed by atoms with van der Waals surface area (Å²) in [6.45, 7) is 4.62. The second kappa shape index (κ2) is 8.14. The summed E-state index contributed by atoms with van der Waals surface area (Å²) in [4.78, 5) is 37.7. The van der Waals surface area contributed by atoms with Gasteiger partial charge in [-0.05, 0) is 43.8 Å². The van der Waals surface area contributed by atoms with Crippen molar-refractivity contribution in [3.8, 4) is 0 Å². The van der Waals surface area contributed by atoms with Crippen LogP contribution in [0.4, 0.5) is 0 Å². The van der Waals surface area contributed by atoms with Crippen LogP contribution >= 0.6 is 11.8 Å². The summed E-state index contributed by atoms with van der Waals surface area (Å²) in [6, 6.07) is 0. The first kappa shape index (κ1) is 17.5. The van der Waals surface area contributed by atoms with Crippen LogP contribution in [-0.4, -0.2) is 40.0 Å². The van der Waals surface area contributed by atoms with Crippen LogP contribution in [0.15, 0.2) is 0 Å². The minimum Gasteiger partial charge on any atom is -0.299 e. The third-order valence-electron chi connectivity index (χ3n) is 4.81. The maximum Gasteiger partial charge on any atom is 0.242 e. The monoisotopic (exact) mass is 325 g/mol. The number of imide groups is 1. The van der Waals surface area contributed by atoms with Gasteiger partial charge in [-0.1, -0.05) is 13.8 Å². The predicted octanol–water partition coefficient (Wildman–Crippen LogP) is 3.04. The number of ketones is 1. The number of thioether (sulfide) groups is 1. The Labute approximate surface area is 137 Å². The fourth-order valence-corrected chi connectivity index (χ4v) is 4.48. The average Bonchev–Trinajstić information content (AvgIpc) is 2.76. The molecule has 1 unspecified atom stereocenters. The van der Waals surface area contributed by atoms with Crippen LogP contribution in [0.25, 0.3) is 0 Å². The fourth-order valence-electron chi connectivity index (χ4n) is 3.55. The van der Waals surface area contributed by atoms with Gasteiger partial charge in [-0.3, -0.25) is 19.3 Å². The maximum absolute atomic E-state index is 12.3. The van der Waals surface area contributed by atoms with E-state index in [0.29, 0.717) is 31.1 Å². The van der Waals surface area contributed by atoms with Crippen molar-refractivity contribution in [3.63, 3.8) is 0 Å². The second-order valence-corrected chi connectivity index (χ2v) is 7.90. The van der Waals surface area contributed by atoms with Gasteiger partial charge in [0.2, 0.25) is 11.8 Å². The van der Waals surface area contributed by atoms with Crippen LogP contribution in [-0.2, 0) is 14.4 Å². The highest BCUT2D eigenvalue weighted by Crippen LogP contribution is 2.33. The molecule has 2 rings (SSSR count). The zero-order chi connectivity index (χ0) is 16.1. The third kappa shape index (κ3) is 4.12. The molecule has 0 bridgehead atoms. The van der Waals surface area contributed by atoms with E-state index < -0.39 is 0 Å². The van der Waals surface area contributed by atoms with Crippen molar-refractivity contribution in [2.75, 3.05) is 12.3 Å². The highest BCUT2D eigenvalue weighted by Gasteiger charge is 2.40. The molecule has 0 aromatic rings. The molecule has 4 nitrogen and oxygen atoms in total. The van der Waals surface area contributed by atoms with Gasteiger partial charge in [-0.2, -0.15) is 0 Å². The van der Waals surface area contributed by atoms with E-state index in [0.717, 1.165) is 37.9 Å². The standard InChI is InChI=1S/C17H27NO3S/c1-3-5-14(19)13-8-6-12(7-9-13)11-18-16(20)10-15(17(18)21)22-4-2/h12-13,15H,3-11H2,1-2H3. The number of carbonyl (C=O) groups excluding carboxylic acids is 3. The molecule has 1 saturated heterocycles. The van der Waals surface area contributed by atoms with Gasteiger partial charge in [0.15, 0.2) is 0 Å². The Balaban J connectivity index is 1.82. The Hall–Kier alpha value is -0.840. The Bertz CT molecular complexity index is 430. The molecule has 1 atom stereocenters. The largest absolute Gasteiger partial charge is 0.299 e. The lowest BCUT2D eigenvalue weighted by Crippen LogP contribution is -2.37. The average molecular weight is 325 g/mol. The zero-order valence-electron chi connectivity index (χ0n) is 13.7. The van der Waals surface area contributed by atoms with Crippen LogP contribution in [0.3, 0.4) is 0 Å². The summed E-state index contributed by atoms with van der Waals surface area (Å²) in [5.41, 5.74) is 0. The van der Waals surface area contributed by atoms with E-state index in [9.17, 15) is 14.4 Å². The molecule has 5 heteroatoms. The lowest BCUT2D eigenvalue weighted by Gasteiger charge is -2.30. The van der Waals surface area contributed by atoms with Crippen molar-refractivity contribution >= 4 is 29.4 Å². The smallest absolute Gasteiger partial charge is 0.242 e. The quantitative estimate of drug-likeness (QED) is 0.675. The summed E-state index contributed by atoms with van der Waals surface area (Å²) >= 11 is 1.57. The topological polar surface area (TPSA) is 54.5 Å². The molecule has 1 heterocycles. The summed E-state index contributed by atoms with van der Waals surface area (Å²) in [5.74, 6) is 1.84. The van der Waals surface area contributed by atoms with Gasteiger partial charge in [-0.15, -0.1) is 11.8 Å². The highest BCUT2D eigenvalue weighted by molar-refractivity contribution is 8.00. The third-order valence-corrected chi connectivity index (χ3v) is 5.91. The van der Waals surface area contributed by atoms with Crippen molar-refractivity contribution in [1.29, 1.82) is 0 Å². The summed E-state index contributed by atoms with van der Waals surface area (Å²) in [5, 5.41) is -0.167. The van der Waals surface area contributed by atoms with E-state index in [4.69, 9.17) is 0 Å². The Morgan fingerprint density at radius 1 is 1.18 bits per heavy atom. The number of likely N-dealkylation sites (tertiary alicyclic amines) is 1. The minimum absolute atomic E-state index is 0.000956. The summed E-state index contributed by atoms with van der Waals surface area (Å²) < 4.78 is 0. The minimum atomic E-state index is -0.167. The van der Waals surface area contributed by atoms with Crippen LogP contribution in [0.5, 0.6) is 0 Å². The van der Waals surface area contributed by atoms with Crippen molar-refractivity contribution in [2.45, 2.75) is 64.0 Å². The molecule has 2 aliphatic rings. The van der Waals surface area contributed by atoms with E-state index in [-0.39, 0.29) is 23.0 Å². The van der Waals surface area contributed by atoms with Gasteiger partial charge in [-0.25, -0.2) is 0 Å². The van der Waals surface area contributed by atoms with Crippen molar-refractivity contribution < 1.29 is 14.4 Å². The predicted molar refractivity (Wildman–Crippen MR) is 88.6 cm³/mol. The van der Waals surface area contributed by atoms with Gasteiger partial charge >= 0.3 is 0 Å². The summed E-state index contributed by atoms with van der Waals surface area (Å²) in [6.07, 6.45) is 5.74. The number of Topliss-reactive ketones (excluding diaryl/α,β-unsaturated/α-hetero) is 1. The normalized spacial score (nSPS) is 29.2. The highest BCUT2D eigenvalue weighted by atomic mass is 32.2.